The van der Waals surface area contributed by atoms with Crippen molar-refractivity contribution in [3.8, 4) is 0 Å². The predicted molar refractivity (Wildman–Crippen MR) is 78.8 cm³/mol. The van der Waals surface area contributed by atoms with Crippen LogP contribution in [0.15, 0.2) is 42.5 Å². The fraction of sp³-hybridized carbons (Fsp3) is 0.200. The Morgan fingerprint density at radius 1 is 1.05 bits per heavy atom. The SMILES string of the molecule is CC(O)(Cc1ccc(I)cc1)c1cc(F)cc(F)c1. The van der Waals surface area contributed by atoms with Crippen molar-refractivity contribution in [3.63, 3.8) is 0 Å². The maximum absolute atomic E-state index is 13.2. The van der Waals surface area contributed by atoms with Crippen LogP contribution >= 0.6 is 22.6 Å². The minimum absolute atomic E-state index is 0.239. The lowest BCUT2D eigenvalue weighted by atomic mass is 9.89. The van der Waals surface area contributed by atoms with Gasteiger partial charge in [0.15, 0.2) is 0 Å². The highest BCUT2D eigenvalue weighted by atomic mass is 127. The van der Waals surface area contributed by atoms with Crippen LogP contribution in [0.25, 0.3) is 0 Å². The summed E-state index contributed by atoms with van der Waals surface area (Å²) in [5, 5.41) is 10.4. The summed E-state index contributed by atoms with van der Waals surface area (Å²) in [5.74, 6) is -1.37. The van der Waals surface area contributed by atoms with Crippen molar-refractivity contribution in [2.24, 2.45) is 0 Å². The van der Waals surface area contributed by atoms with Crippen molar-refractivity contribution in [3.05, 3.63) is 68.8 Å². The van der Waals surface area contributed by atoms with Crippen LogP contribution in [0.3, 0.4) is 0 Å². The molecule has 0 aromatic heterocycles. The van der Waals surface area contributed by atoms with Gasteiger partial charge in [0.1, 0.15) is 11.6 Å². The summed E-state index contributed by atoms with van der Waals surface area (Å²) in [5.41, 5.74) is -0.158. The van der Waals surface area contributed by atoms with E-state index in [9.17, 15) is 13.9 Å². The Morgan fingerprint density at radius 3 is 2.11 bits per heavy atom. The average Bonchev–Trinajstić information content (AvgIpc) is 2.31. The van der Waals surface area contributed by atoms with Crippen molar-refractivity contribution in [1.29, 1.82) is 0 Å². The number of rotatable bonds is 3. The average molecular weight is 374 g/mol. The van der Waals surface area contributed by atoms with Crippen LogP contribution in [0.2, 0.25) is 0 Å². The molecule has 2 aromatic carbocycles. The zero-order valence-corrected chi connectivity index (χ0v) is 12.5. The summed E-state index contributed by atoms with van der Waals surface area (Å²) in [6.07, 6.45) is 0.298. The molecule has 100 valence electrons. The number of halogens is 3. The number of benzene rings is 2. The summed E-state index contributed by atoms with van der Waals surface area (Å²) < 4.78 is 27.5. The molecule has 1 unspecified atom stereocenters. The second-order valence-corrected chi connectivity index (χ2v) is 5.98. The number of aliphatic hydroxyl groups is 1. The molecule has 2 aromatic rings. The third-order valence-corrected chi connectivity index (χ3v) is 3.67. The molecule has 0 bridgehead atoms. The lowest BCUT2D eigenvalue weighted by Gasteiger charge is -2.24. The molecule has 1 N–H and O–H groups in total. The van der Waals surface area contributed by atoms with Crippen LogP contribution in [0.5, 0.6) is 0 Å². The van der Waals surface area contributed by atoms with Crippen LogP contribution < -0.4 is 0 Å². The molecule has 0 saturated carbocycles. The van der Waals surface area contributed by atoms with Gasteiger partial charge in [-0.2, -0.15) is 0 Å². The van der Waals surface area contributed by atoms with Gasteiger partial charge in [-0.1, -0.05) is 12.1 Å². The first-order chi connectivity index (χ1) is 8.87. The molecular formula is C15H13F2IO. The summed E-state index contributed by atoms with van der Waals surface area (Å²) in [7, 11) is 0. The van der Waals surface area contributed by atoms with Gasteiger partial charge < -0.3 is 5.11 Å². The van der Waals surface area contributed by atoms with Crippen LogP contribution in [0.4, 0.5) is 8.78 Å². The number of hydrogen-bond donors (Lipinski definition) is 1. The van der Waals surface area contributed by atoms with Gasteiger partial charge >= 0.3 is 0 Å². The molecule has 0 amide bonds. The zero-order valence-electron chi connectivity index (χ0n) is 10.3. The van der Waals surface area contributed by atoms with Gasteiger partial charge in [-0.15, -0.1) is 0 Å². The Morgan fingerprint density at radius 2 is 1.58 bits per heavy atom. The van der Waals surface area contributed by atoms with E-state index in [1.165, 1.54) is 0 Å². The van der Waals surface area contributed by atoms with Crippen molar-refractivity contribution < 1.29 is 13.9 Å². The van der Waals surface area contributed by atoms with E-state index in [1.54, 1.807) is 6.92 Å². The molecule has 0 aliphatic carbocycles. The first-order valence-electron chi connectivity index (χ1n) is 5.80. The van der Waals surface area contributed by atoms with Gasteiger partial charge in [0.05, 0.1) is 5.60 Å². The maximum Gasteiger partial charge on any atom is 0.126 e. The van der Waals surface area contributed by atoms with Gasteiger partial charge in [0.2, 0.25) is 0 Å². The van der Waals surface area contributed by atoms with Crippen LogP contribution in [-0.2, 0) is 12.0 Å². The van der Waals surface area contributed by atoms with Gasteiger partial charge in [-0.05, 0) is 64.9 Å². The van der Waals surface area contributed by atoms with E-state index in [2.05, 4.69) is 22.6 Å². The van der Waals surface area contributed by atoms with E-state index in [1.807, 2.05) is 24.3 Å². The van der Waals surface area contributed by atoms with E-state index in [0.717, 1.165) is 27.3 Å². The molecule has 0 aliphatic heterocycles. The minimum Gasteiger partial charge on any atom is -0.385 e. The van der Waals surface area contributed by atoms with Crippen LogP contribution in [-0.4, -0.2) is 5.11 Å². The normalized spacial score (nSPS) is 14.2. The molecule has 0 saturated heterocycles. The molecule has 0 heterocycles. The Kier molecular flexibility index (Phi) is 4.20. The molecule has 19 heavy (non-hydrogen) atoms. The number of hydrogen-bond acceptors (Lipinski definition) is 1. The van der Waals surface area contributed by atoms with Crippen LogP contribution in [0, 0.1) is 15.2 Å². The van der Waals surface area contributed by atoms with Gasteiger partial charge in [-0.25, -0.2) is 8.78 Å². The van der Waals surface area contributed by atoms with E-state index in [0.29, 0.717) is 6.42 Å². The van der Waals surface area contributed by atoms with Crippen molar-refractivity contribution in [2.75, 3.05) is 0 Å². The largest absolute Gasteiger partial charge is 0.385 e. The summed E-state index contributed by atoms with van der Waals surface area (Å²) in [6.45, 7) is 1.55. The quantitative estimate of drug-likeness (QED) is 0.805. The van der Waals surface area contributed by atoms with Gasteiger partial charge in [0, 0.05) is 16.1 Å². The van der Waals surface area contributed by atoms with Crippen LogP contribution in [0.1, 0.15) is 18.1 Å². The molecule has 0 spiro atoms. The highest BCUT2D eigenvalue weighted by Crippen LogP contribution is 2.27. The fourth-order valence-corrected chi connectivity index (χ4v) is 2.33. The molecule has 1 atom stereocenters. The molecular weight excluding hydrogens is 361 g/mol. The molecule has 4 heteroatoms. The van der Waals surface area contributed by atoms with E-state index in [-0.39, 0.29) is 5.56 Å². The lowest BCUT2D eigenvalue weighted by Crippen LogP contribution is -2.24. The smallest absolute Gasteiger partial charge is 0.126 e. The topological polar surface area (TPSA) is 20.2 Å². The van der Waals surface area contributed by atoms with Gasteiger partial charge in [0.25, 0.3) is 0 Å². The lowest BCUT2D eigenvalue weighted by molar-refractivity contribution is 0.0569. The van der Waals surface area contributed by atoms with E-state index >= 15 is 0 Å². The fourth-order valence-electron chi connectivity index (χ4n) is 1.97. The third-order valence-electron chi connectivity index (χ3n) is 2.95. The summed E-state index contributed by atoms with van der Waals surface area (Å²) in [4.78, 5) is 0. The Balaban J connectivity index is 2.28. The Labute approximate surface area is 124 Å². The molecule has 0 fully saturated rings. The summed E-state index contributed by atoms with van der Waals surface area (Å²) in [6, 6.07) is 10.8. The first-order valence-corrected chi connectivity index (χ1v) is 6.88. The third kappa shape index (κ3) is 3.73. The predicted octanol–water partition coefficient (Wildman–Crippen LogP) is 4.02. The van der Waals surface area contributed by atoms with Crippen molar-refractivity contribution >= 4 is 22.6 Å². The Bertz CT molecular complexity index is 559. The highest BCUT2D eigenvalue weighted by Gasteiger charge is 2.24. The maximum atomic E-state index is 13.2. The highest BCUT2D eigenvalue weighted by molar-refractivity contribution is 14.1. The van der Waals surface area contributed by atoms with Crippen molar-refractivity contribution in [2.45, 2.75) is 18.9 Å². The minimum atomic E-state index is -1.31. The second-order valence-electron chi connectivity index (χ2n) is 4.74. The molecule has 1 nitrogen and oxygen atoms in total. The zero-order chi connectivity index (χ0) is 14.0. The standard InChI is InChI=1S/C15H13F2IO/c1-15(19,9-10-2-4-14(18)5-3-10)11-6-12(16)8-13(17)7-11/h2-8,19H,9H2,1H3. The second kappa shape index (κ2) is 5.54. The van der Waals surface area contributed by atoms with E-state index < -0.39 is 17.2 Å². The van der Waals surface area contributed by atoms with Gasteiger partial charge in [-0.3, -0.25) is 0 Å². The summed E-state index contributed by atoms with van der Waals surface area (Å²) >= 11 is 2.19. The van der Waals surface area contributed by atoms with E-state index in [4.69, 9.17) is 0 Å². The molecule has 0 radical (unpaired) electrons. The molecule has 0 aliphatic rings. The monoisotopic (exact) mass is 374 g/mol. The Hall–Kier alpha value is -1.01. The first kappa shape index (κ1) is 14.4. The molecule has 2 rings (SSSR count). The van der Waals surface area contributed by atoms with Crippen molar-refractivity contribution in [1.82, 2.24) is 0 Å².